The Morgan fingerprint density at radius 2 is 1.74 bits per heavy atom. The van der Waals surface area contributed by atoms with E-state index in [2.05, 4.69) is 25.3 Å². The van der Waals surface area contributed by atoms with Crippen molar-refractivity contribution in [3.05, 3.63) is 29.3 Å². The predicted molar refractivity (Wildman–Crippen MR) is 76.6 cm³/mol. The second-order valence-corrected chi connectivity index (χ2v) is 5.13. The SMILES string of the molecule is CCc1nc(NC)cc(Sc2nc(C)cc(C)n2)n1. The molecule has 100 valence electrons. The quantitative estimate of drug-likeness (QED) is 0.683. The fourth-order valence-corrected chi connectivity index (χ4v) is 2.53. The van der Waals surface area contributed by atoms with Gasteiger partial charge in [-0.05, 0) is 31.7 Å². The first-order valence-electron chi connectivity index (χ1n) is 6.16. The number of anilines is 1. The molecular formula is C13H17N5S. The van der Waals surface area contributed by atoms with Crippen LogP contribution in [-0.4, -0.2) is 27.0 Å². The highest BCUT2D eigenvalue weighted by atomic mass is 32.2. The highest BCUT2D eigenvalue weighted by Crippen LogP contribution is 2.25. The molecule has 1 N–H and O–H groups in total. The number of nitrogens with zero attached hydrogens (tertiary/aromatic N) is 4. The monoisotopic (exact) mass is 275 g/mol. The van der Waals surface area contributed by atoms with Gasteiger partial charge >= 0.3 is 0 Å². The van der Waals surface area contributed by atoms with Gasteiger partial charge in [-0.25, -0.2) is 19.9 Å². The van der Waals surface area contributed by atoms with Crippen LogP contribution in [0, 0.1) is 13.8 Å². The first kappa shape index (κ1) is 13.7. The van der Waals surface area contributed by atoms with Crippen molar-refractivity contribution in [1.82, 2.24) is 19.9 Å². The standard InChI is InChI=1S/C13H17N5S/c1-5-10-17-11(14-4)7-12(18-10)19-13-15-8(2)6-9(3)16-13/h6-7H,5H2,1-4H3,(H,14,17,18). The molecule has 0 amide bonds. The molecule has 0 aliphatic rings. The summed E-state index contributed by atoms with van der Waals surface area (Å²) in [6, 6.07) is 3.87. The van der Waals surface area contributed by atoms with E-state index in [9.17, 15) is 0 Å². The highest BCUT2D eigenvalue weighted by molar-refractivity contribution is 7.99. The molecule has 6 heteroatoms. The first-order chi connectivity index (χ1) is 9.10. The molecule has 0 spiro atoms. The van der Waals surface area contributed by atoms with Gasteiger partial charge in [-0.1, -0.05) is 6.92 Å². The summed E-state index contributed by atoms with van der Waals surface area (Å²) in [6.45, 7) is 5.97. The summed E-state index contributed by atoms with van der Waals surface area (Å²) in [5.74, 6) is 1.64. The van der Waals surface area contributed by atoms with E-state index < -0.39 is 0 Å². The summed E-state index contributed by atoms with van der Waals surface area (Å²) in [4.78, 5) is 17.7. The van der Waals surface area contributed by atoms with Crippen molar-refractivity contribution in [2.24, 2.45) is 0 Å². The van der Waals surface area contributed by atoms with Crippen LogP contribution in [0.25, 0.3) is 0 Å². The molecule has 0 unspecified atom stereocenters. The Hall–Kier alpha value is -1.69. The number of hydrogen-bond acceptors (Lipinski definition) is 6. The first-order valence-corrected chi connectivity index (χ1v) is 6.98. The topological polar surface area (TPSA) is 63.6 Å². The van der Waals surface area contributed by atoms with Crippen molar-refractivity contribution in [2.75, 3.05) is 12.4 Å². The van der Waals surface area contributed by atoms with Gasteiger partial charge in [-0.15, -0.1) is 0 Å². The Morgan fingerprint density at radius 3 is 2.32 bits per heavy atom. The minimum absolute atomic E-state index is 0.723. The van der Waals surface area contributed by atoms with E-state index >= 15 is 0 Å². The second kappa shape index (κ2) is 5.97. The third kappa shape index (κ3) is 3.64. The molecular weight excluding hydrogens is 258 g/mol. The summed E-state index contributed by atoms with van der Waals surface area (Å²) in [7, 11) is 1.85. The van der Waals surface area contributed by atoms with Gasteiger partial charge in [0.2, 0.25) is 0 Å². The van der Waals surface area contributed by atoms with Crippen LogP contribution in [0.15, 0.2) is 22.3 Å². The smallest absolute Gasteiger partial charge is 0.194 e. The van der Waals surface area contributed by atoms with Crippen LogP contribution in [0.4, 0.5) is 5.82 Å². The lowest BCUT2D eigenvalue weighted by atomic mass is 10.4. The van der Waals surface area contributed by atoms with E-state index in [0.29, 0.717) is 0 Å². The number of hydrogen-bond donors (Lipinski definition) is 1. The maximum absolute atomic E-state index is 4.49. The van der Waals surface area contributed by atoms with Crippen molar-refractivity contribution in [3.63, 3.8) is 0 Å². The van der Waals surface area contributed by atoms with E-state index in [1.807, 2.05) is 40.0 Å². The Balaban J connectivity index is 2.31. The normalized spacial score (nSPS) is 10.5. The Morgan fingerprint density at radius 1 is 1.05 bits per heavy atom. The number of aromatic nitrogens is 4. The Labute approximate surface area is 117 Å². The number of nitrogens with one attached hydrogen (secondary N) is 1. The highest BCUT2D eigenvalue weighted by Gasteiger charge is 2.07. The van der Waals surface area contributed by atoms with Crippen molar-refractivity contribution < 1.29 is 0 Å². The van der Waals surface area contributed by atoms with Crippen LogP contribution in [0.5, 0.6) is 0 Å². The van der Waals surface area contributed by atoms with Gasteiger partial charge in [0, 0.05) is 30.9 Å². The van der Waals surface area contributed by atoms with Crippen LogP contribution in [0.2, 0.25) is 0 Å². The fraction of sp³-hybridized carbons (Fsp3) is 0.385. The van der Waals surface area contributed by atoms with Gasteiger partial charge in [0.15, 0.2) is 5.16 Å². The average Bonchev–Trinajstić information content (AvgIpc) is 2.37. The Bertz CT molecular complexity index is 543. The summed E-state index contributed by atoms with van der Waals surface area (Å²) < 4.78 is 0. The Kier molecular flexibility index (Phi) is 4.31. The van der Waals surface area contributed by atoms with E-state index in [1.54, 1.807) is 0 Å². The zero-order valence-electron chi connectivity index (χ0n) is 11.6. The molecule has 2 rings (SSSR count). The van der Waals surface area contributed by atoms with Crippen molar-refractivity contribution in [2.45, 2.75) is 37.4 Å². The van der Waals surface area contributed by atoms with Gasteiger partial charge in [-0.2, -0.15) is 0 Å². The molecule has 0 radical (unpaired) electrons. The van der Waals surface area contributed by atoms with Crippen LogP contribution in [0.1, 0.15) is 24.1 Å². The number of rotatable bonds is 4. The lowest BCUT2D eigenvalue weighted by molar-refractivity contribution is 0.874. The molecule has 0 aliphatic carbocycles. The zero-order chi connectivity index (χ0) is 13.8. The third-order valence-electron chi connectivity index (χ3n) is 2.48. The van der Waals surface area contributed by atoms with Gasteiger partial charge in [0.05, 0.1) is 0 Å². The van der Waals surface area contributed by atoms with Crippen molar-refractivity contribution in [3.8, 4) is 0 Å². The van der Waals surface area contributed by atoms with Gasteiger partial charge in [0.25, 0.3) is 0 Å². The van der Waals surface area contributed by atoms with Crippen LogP contribution in [-0.2, 0) is 6.42 Å². The van der Waals surface area contributed by atoms with Crippen LogP contribution >= 0.6 is 11.8 Å². The second-order valence-electron chi connectivity index (χ2n) is 4.15. The molecule has 0 aliphatic heterocycles. The molecule has 0 bridgehead atoms. The molecule has 2 heterocycles. The summed E-state index contributed by atoms with van der Waals surface area (Å²) in [5, 5.41) is 4.63. The molecule has 0 saturated carbocycles. The molecule has 0 fully saturated rings. The molecule has 2 aromatic heterocycles. The molecule has 2 aromatic rings. The average molecular weight is 275 g/mol. The van der Waals surface area contributed by atoms with E-state index in [4.69, 9.17) is 0 Å². The molecule has 0 aromatic carbocycles. The lowest BCUT2D eigenvalue weighted by Crippen LogP contribution is -2.01. The fourth-order valence-electron chi connectivity index (χ4n) is 1.64. The minimum Gasteiger partial charge on any atom is -0.373 e. The van der Waals surface area contributed by atoms with Crippen LogP contribution in [0.3, 0.4) is 0 Å². The van der Waals surface area contributed by atoms with E-state index in [1.165, 1.54) is 11.8 Å². The molecule has 5 nitrogen and oxygen atoms in total. The third-order valence-corrected chi connectivity index (χ3v) is 3.26. The predicted octanol–water partition coefficient (Wildman–Crippen LogP) is 2.64. The maximum atomic E-state index is 4.49. The summed E-state index contributed by atoms with van der Waals surface area (Å²) in [5.41, 5.74) is 1.93. The van der Waals surface area contributed by atoms with E-state index in [-0.39, 0.29) is 0 Å². The summed E-state index contributed by atoms with van der Waals surface area (Å²) in [6.07, 6.45) is 0.802. The van der Waals surface area contributed by atoms with Crippen LogP contribution < -0.4 is 5.32 Å². The van der Waals surface area contributed by atoms with Crippen molar-refractivity contribution >= 4 is 17.6 Å². The zero-order valence-corrected chi connectivity index (χ0v) is 12.4. The lowest BCUT2D eigenvalue weighted by Gasteiger charge is -2.06. The molecule has 0 atom stereocenters. The number of aryl methyl sites for hydroxylation is 3. The largest absolute Gasteiger partial charge is 0.373 e. The van der Waals surface area contributed by atoms with E-state index in [0.717, 1.165) is 39.6 Å². The molecule has 0 saturated heterocycles. The van der Waals surface area contributed by atoms with Gasteiger partial charge in [0.1, 0.15) is 16.7 Å². The minimum atomic E-state index is 0.723. The van der Waals surface area contributed by atoms with Gasteiger partial charge in [-0.3, -0.25) is 0 Å². The maximum Gasteiger partial charge on any atom is 0.194 e. The summed E-state index contributed by atoms with van der Waals surface area (Å²) >= 11 is 1.46. The van der Waals surface area contributed by atoms with Gasteiger partial charge < -0.3 is 5.32 Å². The van der Waals surface area contributed by atoms with Crippen molar-refractivity contribution in [1.29, 1.82) is 0 Å². The molecule has 19 heavy (non-hydrogen) atoms.